The molecule has 0 aliphatic carbocycles. The van der Waals surface area contributed by atoms with E-state index in [1.807, 2.05) is 24.3 Å². The average molecular weight is 403 g/mol. The fraction of sp³-hybridized carbons (Fsp3) is 0.238. The summed E-state index contributed by atoms with van der Waals surface area (Å²) in [6, 6.07) is 11.0. The SMILES string of the molecule is C=CCc1ccccc1OCC#CCNS(=O)(=O)c1ccc(OCC)c(F)c1. The number of rotatable bonds is 9. The Bertz CT molecular complexity index is 977. The Balaban J connectivity index is 1.89. The van der Waals surface area contributed by atoms with Gasteiger partial charge >= 0.3 is 0 Å². The number of nitrogens with one attached hydrogen (secondary N) is 1. The van der Waals surface area contributed by atoms with Gasteiger partial charge in [0.2, 0.25) is 10.0 Å². The summed E-state index contributed by atoms with van der Waals surface area (Å²) in [7, 11) is -3.87. The van der Waals surface area contributed by atoms with E-state index in [9.17, 15) is 12.8 Å². The predicted octanol–water partition coefficient (Wildman–Crippen LogP) is 3.31. The van der Waals surface area contributed by atoms with Gasteiger partial charge in [-0.15, -0.1) is 6.58 Å². The van der Waals surface area contributed by atoms with Crippen LogP contribution < -0.4 is 14.2 Å². The molecule has 1 N–H and O–H groups in total. The van der Waals surface area contributed by atoms with Crippen molar-refractivity contribution in [2.24, 2.45) is 0 Å². The number of benzene rings is 2. The highest BCUT2D eigenvalue weighted by Gasteiger charge is 2.15. The summed E-state index contributed by atoms with van der Waals surface area (Å²) in [4.78, 5) is -0.190. The zero-order chi connectivity index (χ0) is 20.4. The van der Waals surface area contributed by atoms with E-state index >= 15 is 0 Å². The molecule has 0 unspecified atom stereocenters. The normalized spacial score (nSPS) is 10.6. The van der Waals surface area contributed by atoms with Crippen LogP contribution in [0.2, 0.25) is 0 Å². The lowest BCUT2D eigenvalue weighted by molar-refractivity contribution is 0.321. The topological polar surface area (TPSA) is 64.6 Å². The molecule has 0 amide bonds. The number of hydrogen-bond acceptors (Lipinski definition) is 4. The quantitative estimate of drug-likeness (QED) is 0.515. The maximum absolute atomic E-state index is 13.8. The molecule has 5 nitrogen and oxygen atoms in total. The Hall–Kier alpha value is -2.82. The lowest BCUT2D eigenvalue weighted by Gasteiger charge is -2.08. The average Bonchev–Trinajstić information content (AvgIpc) is 2.67. The molecular weight excluding hydrogens is 381 g/mol. The summed E-state index contributed by atoms with van der Waals surface area (Å²) in [5.74, 6) is 5.41. The van der Waals surface area contributed by atoms with Crippen LogP contribution in [0.25, 0.3) is 0 Å². The number of para-hydroxylation sites is 1. The van der Waals surface area contributed by atoms with E-state index in [0.29, 0.717) is 12.2 Å². The minimum Gasteiger partial charge on any atom is -0.491 e. The van der Waals surface area contributed by atoms with Crippen molar-refractivity contribution in [3.63, 3.8) is 0 Å². The first-order valence-corrected chi connectivity index (χ1v) is 10.2. The van der Waals surface area contributed by atoms with Crippen LogP contribution in [-0.4, -0.2) is 28.2 Å². The van der Waals surface area contributed by atoms with Crippen molar-refractivity contribution in [2.75, 3.05) is 19.8 Å². The first-order valence-electron chi connectivity index (χ1n) is 8.67. The molecule has 0 heterocycles. The van der Waals surface area contributed by atoms with Gasteiger partial charge in [0.15, 0.2) is 11.6 Å². The predicted molar refractivity (Wildman–Crippen MR) is 106 cm³/mol. The van der Waals surface area contributed by atoms with E-state index in [4.69, 9.17) is 9.47 Å². The lowest BCUT2D eigenvalue weighted by Crippen LogP contribution is -2.24. The minimum atomic E-state index is -3.87. The van der Waals surface area contributed by atoms with E-state index in [2.05, 4.69) is 23.1 Å². The lowest BCUT2D eigenvalue weighted by atomic mass is 10.1. The molecule has 0 atom stereocenters. The van der Waals surface area contributed by atoms with Gasteiger partial charge in [0.1, 0.15) is 12.4 Å². The third-order valence-electron chi connectivity index (χ3n) is 3.63. The molecule has 0 radical (unpaired) electrons. The first kappa shape index (κ1) is 21.5. The van der Waals surface area contributed by atoms with Crippen molar-refractivity contribution in [1.82, 2.24) is 4.72 Å². The number of halogens is 1. The monoisotopic (exact) mass is 403 g/mol. The van der Waals surface area contributed by atoms with E-state index in [-0.39, 0.29) is 30.4 Å². The third kappa shape index (κ3) is 6.12. The van der Waals surface area contributed by atoms with Gasteiger partial charge in [0.25, 0.3) is 0 Å². The zero-order valence-electron chi connectivity index (χ0n) is 15.6. The van der Waals surface area contributed by atoms with Crippen molar-refractivity contribution in [3.8, 4) is 23.3 Å². The van der Waals surface area contributed by atoms with Crippen molar-refractivity contribution in [2.45, 2.75) is 18.2 Å². The van der Waals surface area contributed by atoms with Gasteiger partial charge in [-0.05, 0) is 43.2 Å². The van der Waals surface area contributed by atoms with Crippen LogP contribution >= 0.6 is 0 Å². The maximum Gasteiger partial charge on any atom is 0.241 e. The number of hydrogen-bond donors (Lipinski definition) is 1. The van der Waals surface area contributed by atoms with Crippen LogP contribution in [0.15, 0.2) is 60.0 Å². The molecule has 2 aromatic rings. The largest absolute Gasteiger partial charge is 0.491 e. The molecule has 0 aromatic heterocycles. The molecule has 0 saturated carbocycles. The molecular formula is C21H22FNO4S. The molecule has 0 spiro atoms. The number of allylic oxidation sites excluding steroid dienone is 1. The molecule has 2 rings (SSSR count). The molecule has 0 saturated heterocycles. The fourth-order valence-corrected chi connectivity index (χ4v) is 3.27. The van der Waals surface area contributed by atoms with Gasteiger partial charge in [-0.25, -0.2) is 12.8 Å². The van der Waals surface area contributed by atoms with Gasteiger partial charge in [-0.1, -0.05) is 36.1 Å². The Morgan fingerprint density at radius 3 is 2.64 bits per heavy atom. The zero-order valence-corrected chi connectivity index (χ0v) is 16.4. The summed E-state index contributed by atoms with van der Waals surface area (Å²) in [5.41, 5.74) is 0.998. The molecule has 0 bridgehead atoms. The van der Waals surface area contributed by atoms with Crippen LogP contribution in [0.1, 0.15) is 12.5 Å². The van der Waals surface area contributed by atoms with Gasteiger partial charge in [-0.2, -0.15) is 4.72 Å². The van der Waals surface area contributed by atoms with E-state index in [0.717, 1.165) is 11.6 Å². The second-order valence-electron chi connectivity index (χ2n) is 5.59. The maximum atomic E-state index is 13.8. The molecule has 2 aromatic carbocycles. The van der Waals surface area contributed by atoms with Gasteiger partial charge in [-0.3, -0.25) is 0 Å². The Morgan fingerprint density at radius 1 is 1.14 bits per heavy atom. The Labute approximate surface area is 165 Å². The first-order chi connectivity index (χ1) is 13.5. The molecule has 148 valence electrons. The second-order valence-corrected chi connectivity index (χ2v) is 7.36. The van der Waals surface area contributed by atoms with Gasteiger partial charge < -0.3 is 9.47 Å². The molecule has 0 fully saturated rings. The van der Waals surface area contributed by atoms with Crippen LogP contribution in [0.5, 0.6) is 11.5 Å². The van der Waals surface area contributed by atoms with Crippen molar-refractivity contribution >= 4 is 10.0 Å². The molecule has 0 aliphatic rings. The minimum absolute atomic E-state index is 0.00938. The van der Waals surface area contributed by atoms with Crippen LogP contribution in [0, 0.1) is 17.7 Å². The van der Waals surface area contributed by atoms with E-state index in [1.54, 1.807) is 13.0 Å². The molecule has 7 heteroatoms. The highest BCUT2D eigenvalue weighted by Crippen LogP contribution is 2.21. The highest BCUT2D eigenvalue weighted by molar-refractivity contribution is 7.89. The Kier molecular flexibility index (Phi) is 8.05. The number of ether oxygens (including phenoxy) is 2. The van der Waals surface area contributed by atoms with E-state index < -0.39 is 15.8 Å². The molecule has 28 heavy (non-hydrogen) atoms. The van der Waals surface area contributed by atoms with Crippen molar-refractivity contribution < 1.29 is 22.3 Å². The van der Waals surface area contributed by atoms with Crippen molar-refractivity contribution in [1.29, 1.82) is 0 Å². The summed E-state index contributed by atoms with van der Waals surface area (Å²) in [6.07, 6.45) is 2.47. The van der Waals surface area contributed by atoms with Crippen molar-refractivity contribution in [3.05, 3.63) is 66.5 Å². The fourth-order valence-electron chi connectivity index (χ4n) is 2.33. The second kappa shape index (κ2) is 10.5. The van der Waals surface area contributed by atoms with Crippen LogP contribution in [-0.2, 0) is 16.4 Å². The third-order valence-corrected chi connectivity index (χ3v) is 5.02. The van der Waals surface area contributed by atoms with Gasteiger partial charge in [0, 0.05) is 0 Å². The van der Waals surface area contributed by atoms with Crippen LogP contribution in [0.4, 0.5) is 4.39 Å². The molecule has 0 aliphatic heterocycles. The Morgan fingerprint density at radius 2 is 1.93 bits per heavy atom. The summed E-state index contributed by atoms with van der Waals surface area (Å²) < 4.78 is 51.2. The number of sulfonamides is 1. The summed E-state index contributed by atoms with van der Waals surface area (Å²) >= 11 is 0. The summed E-state index contributed by atoms with van der Waals surface area (Å²) in [5, 5.41) is 0. The summed E-state index contributed by atoms with van der Waals surface area (Å²) in [6.45, 7) is 5.71. The standard InChI is InChI=1S/C21H22FNO4S/c1-3-9-17-10-5-6-11-20(17)27-15-8-7-14-23-28(24,25)18-12-13-21(26-4-2)19(22)16-18/h3,5-6,10-13,16,23H,1,4,9,14-15H2,2H3. The van der Waals surface area contributed by atoms with E-state index in [1.165, 1.54) is 12.1 Å². The smallest absolute Gasteiger partial charge is 0.241 e. The van der Waals surface area contributed by atoms with Crippen LogP contribution in [0.3, 0.4) is 0 Å². The van der Waals surface area contributed by atoms with Gasteiger partial charge in [0.05, 0.1) is 18.0 Å². The highest BCUT2D eigenvalue weighted by atomic mass is 32.2.